The summed E-state index contributed by atoms with van der Waals surface area (Å²) in [5.41, 5.74) is 1.62. The minimum Gasteiger partial charge on any atom is -0.454 e. The number of aryl methyl sites for hydroxylation is 1. The van der Waals surface area contributed by atoms with Gasteiger partial charge in [0.05, 0.1) is 15.9 Å². The second kappa shape index (κ2) is 5.48. The third-order valence-corrected chi connectivity index (χ3v) is 4.65. The van der Waals surface area contributed by atoms with Crippen molar-refractivity contribution in [2.24, 2.45) is 5.92 Å². The highest BCUT2D eigenvalue weighted by atomic mass is 32.1. The summed E-state index contributed by atoms with van der Waals surface area (Å²) in [6.45, 7) is 5.82. The first-order valence-corrected chi connectivity index (χ1v) is 8.41. The van der Waals surface area contributed by atoms with Crippen LogP contribution in [0.5, 0.6) is 11.5 Å². The topological polar surface area (TPSA) is 78.3 Å². The number of carbonyl (C=O) groups is 1. The summed E-state index contributed by atoms with van der Waals surface area (Å²) in [7, 11) is 0. The maximum Gasteiger partial charge on any atom is 0.231 e. The number of fused-ring (bicyclic) bond motifs is 2. The Kier molecular flexibility index (Phi) is 3.42. The molecule has 0 bridgehead atoms. The van der Waals surface area contributed by atoms with Gasteiger partial charge in [-0.3, -0.25) is 4.79 Å². The molecule has 1 aliphatic heterocycles. The van der Waals surface area contributed by atoms with Gasteiger partial charge in [-0.15, -0.1) is 0 Å². The van der Waals surface area contributed by atoms with E-state index in [-0.39, 0.29) is 18.6 Å². The third kappa shape index (κ3) is 2.48. The normalized spacial score (nSPS) is 13.0. The van der Waals surface area contributed by atoms with Crippen LogP contribution in [0.15, 0.2) is 18.2 Å². The van der Waals surface area contributed by atoms with Gasteiger partial charge in [0.25, 0.3) is 0 Å². The summed E-state index contributed by atoms with van der Waals surface area (Å²) in [5.74, 6) is 1.87. The van der Waals surface area contributed by atoms with Crippen molar-refractivity contribution in [3.8, 4) is 16.6 Å². The largest absolute Gasteiger partial charge is 0.454 e. The maximum atomic E-state index is 12.0. The van der Waals surface area contributed by atoms with E-state index in [1.54, 1.807) is 4.68 Å². The van der Waals surface area contributed by atoms with Crippen molar-refractivity contribution in [2.75, 3.05) is 12.1 Å². The lowest BCUT2D eigenvalue weighted by atomic mass is 10.2. The Bertz CT molecular complexity index is 903. The van der Waals surface area contributed by atoms with E-state index >= 15 is 0 Å². The third-order valence-electron chi connectivity index (χ3n) is 3.66. The molecule has 0 radical (unpaired) electrons. The molecule has 1 amide bonds. The van der Waals surface area contributed by atoms with Crippen LogP contribution >= 0.6 is 11.3 Å². The van der Waals surface area contributed by atoms with Gasteiger partial charge in [0.2, 0.25) is 17.8 Å². The van der Waals surface area contributed by atoms with E-state index in [1.165, 1.54) is 11.3 Å². The summed E-state index contributed by atoms with van der Waals surface area (Å²) in [4.78, 5) is 16.6. The molecule has 8 heteroatoms. The average Bonchev–Trinajstić information content (AvgIpc) is 3.21. The first-order chi connectivity index (χ1) is 11.5. The highest BCUT2D eigenvalue weighted by molar-refractivity contribution is 7.20. The summed E-state index contributed by atoms with van der Waals surface area (Å²) >= 11 is 1.48. The van der Waals surface area contributed by atoms with Crippen LogP contribution in [0.25, 0.3) is 15.3 Å². The summed E-state index contributed by atoms with van der Waals surface area (Å²) < 4.78 is 13.4. The molecule has 0 spiro atoms. The molecule has 2 aromatic heterocycles. The number of nitrogens with zero attached hydrogens (tertiary/aromatic N) is 3. The minimum absolute atomic E-state index is 0.0574. The Balaban J connectivity index is 1.76. The second-order valence-electron chi connectivity index (χ2n) is 5.90. The fourth-order valence-corrected chi connectivity index (χ4v) is 3.34. The average molecular weight is 344 g/mol. The number of hydrogen-bond donors (Lipinski definition) is 1. The van der Waals surface area contributed by atoms with Crippen LogP contribution in [0.2, 0.25) is 0 Å². The number of anilines is 1. The van der Waals surface area contributed by atoms with Crippen LogP contribution in [0, 0.1) is 12.8 Å². The number of hydrogen-bond acceptors (Lipinski definition) is 6. The van der Waals surface area contributed by atoms with E-state index < -0.39 is 0 Å². The van der Waals surface area contributed by atoms with Gasteiger partial charge in [0.15, 0.2) is 11.5 Å². The van der Waals surface area contributed by atoms with Crippen molar-refractivity contribution < 1.29 is 14.3 Å². The summed E-state index contributed by atoms with van der Waals surface area (Å²) in [6.07, 6.45) is 0. The zero-order valence-corrected chi connectivity index (χ0v) is 14.3. The highest BCUT2D eigenvalue weighted by Crippen LogP contribution is 2.38. The molecule has 0 atom stereocenters. The zero-order valence-electron chi connectivity index (χ0n) is 13.5. The number of aromatic nitrogens is 3. The van der Waals surface area contributed by atoms with Gasteiger partial charge in [-0.1, -0.05) is 25.2 Å². The molecule has 3 heterocycles. The lowest BCUT2D eigenvalue weighted by Crippen LogP contribution is -2.19. The number of ether oxygens (including phenoxy) is 2. The van der Waals surface area contributed by atoms with Gasteiger partial charge >= 0.3 is 0 Å². The second-order valence-corrected chi connectivity index (χ2v) is 6.91. The summed E-state index contributed by atoms with van der Waals surface area (Å²) in [5, 5.41) is 8.03. The molecule has 4 rings (SSSR count). The fourth-order valence-electron chi connectivity index (χ4n) is 2.40. The molecule has 1 aliphatic rings. The van der Waals surface area contributed by atoms with E-state index in [4.69, 9.17) is 9.47 Å². The molecule has 0 unspecified atom stereocenters. The van der Waals surface area contributed by atoms with Gasteiger partial charge < -0.3 is 14.8 Å². The van der Waals surface area contributed by atoms with Gasteiger partial charge in [-0.05, 0) is 6.92 Å². The minimum atomic E-state index is -0.110. The van der Waals surface area contributed by atoms with Crippen molar-refractivity contribution >= 4 is 33.3 Å². The van der Waals surface area contributed by atoms with Crippen molar-refractivity contribution in [1.82, 2.24) is 14.8 Å². The van der Waals surface area contributed by atoms with E-state index in [1.807, 2.05) is 39.0 Å². The predicted octanol–water partition coefficient (Wildman–Crippen LogP) is 3.11. The number of amides is 1. The van der Waals surface area contributed by atoms with Crippen LogP contribution in [0.4, 0.5) is 5.82 Å². The number of carbonyl (C=O) groups excluding carboxylic acids is 1. The molecule has 0 aliphatic carbocycles. The van der Waals surface area contributed by atoms with Crippen molar-refractivity contribution in [3.05, 3.63) is 23.9 Å². The quantitative estimate of drug-likeness (QED) is 0.790. The molecule has 3 aromatic rings. The van der Waals surface area contributed by atoms with Crippen molar-refractivity contribution in [1.29, 1.82) is 0 Å². The molecule has 124 valence electrons. The molecule has 7 nitrogen and oxygen atoms in total. The SMILES string of the molecule is Cc1cc(NC(=O)C(C)C)n(-c2nc3cc4c(cc3s2)OCO4)n1. The Hall–Kier alpha value is -2.61. The molecule has 0 fully saturated rings. The van der Waals surface area contributed by atoms with Gasteiger partial charge in [-0.25, -0.2) is 4.98 Å². The molecular weight excluding hydrogens is 328 g/mol. The summed E-state index contributed by atoms with van der Waals surface area (Å²) in [6, 6.07) is 5.61. The Morgan fingerprint density at radius 3 is 2.79 bits per heavy atom. The van der Waals surface area contributed by atoms with Gasteiger partial charge in [-0.2, -0.15) is 9.78 Å². The monoisotopic (exact) mass is 344 g/mol. The van der Waals surface area contributed by atoms with Crippen molar-refractivity contribution in [3.63, 3.8) is 0 Å². The molecule has 1 aromatic carbocycles. The van der Waals surface area contributed by atoms with Crippen LogP contribution in [-0.2, 0) is 4.79 Å². The molecule has 24 heavy (non-hydrogen) atoms. The van der Waals surface area contributed by atoms with Crippen molar-refractivity contribution in [2.45, 2.75) is 20.8 Å². The molecular formula is C16H16N4O3S. The first-order valence-electron chi connectivity index (χ1n) is 7.59. The Labute approximate surface area is 142 Å². The Morgan fingerprint density at radius 1 is 1.29 bits per heavy atom. The molecule has 0 saturated heterocycles. The number of thiazole rings is 1. The van der Waals surface area contributed by atoms with Crippen LogP contribution in [-0.4, -0.2) is 27.5 Å². The zero-order chi connectivity index (χ0) is 16.8. The molecule has 1 N–H and O–H groups in total. The smallest absolute Gasteiger partial charge is 0.231 e. The van der Waals surface area contributed by atoms with Crippen LogP contribution in [0.1, 0.15) is 19.5 Å². The van der Waals surface area contributed by atoms with E-state index in [0.717, 1.165) is 21.7 Å². The first kappa shape index (κ1) is 14.9. The van der Waals surface area contributed by atoms with Gasteiger partial charge in [0, 0.05) is 24.1 Å². The van der Waals surface area contributed by atoms with E-state index in [0.29, 0.717) is 16.7 Å². The fraction of sp³-hybridized carbons (Fsp3) is 0.312. The van der Waals surface area contributed by atoms with Gasteiger partial charge in [0.1, 0.15) is 5.82 Å². The number of nitrogens with one attached hydrogen (secondary N) is 1. The standard InChI is InChI=1S/C16H16N4O3S/c1-8(2)15(21)18-14-4-9(3)19-20(14)16-17-10-5-11-12(23-7-22-11)6-13(10)24-16/h4-6,8H,7H2,1-3H3,(H,18,21). The Morgan fingerprint density at radius 2 is 2.04 bits per heavy atom. The lowest BCUT2D eigenvalue weighted by molar-refractivity contribution is -0.118. The van der Waals surface area contributed by atoms with Crippen LogP contribution in [0.3, 0.4) is 0 Å². The highest BCUT2D eigenvalue weighted by Gasteiger charge is 2.19. The van der Waals surface area contributed by atoms with Crippen LogP contribution < -0.4 is 14.8 Å². The number of benzene rings is 1. The van der Waals surface area contributed by atoms with E-state index in [9.17, 15) is 4.79 Å². The lowest BCUT2D eigenvalue weighted by Gasteiger charge is -2.08. The maximum absolute atomic E-state index is 12.0. The van der Waals surface area contributed by atoms with E-state index in [2.05, 4.69) is 15.4 Å². The number of rotatable bonds is 3. The predicted molar refractivity (Wildman–Crippen MR) is 91.1 cm³/mol. The molecule has 0 saturated carbocycles.